The fraction of sp³-hybridized carbons (Fsp3) is 0.571. The monoisotopic (exact) mass is 221 g/mol. The second-order valence-corrected chi connectivity index (χ2v) is 5.43. The highest BCUT2D eigenvalue weighted by Gasteiger charge is 2.11. The highest BCUT2D eigenvalue weighted by atomic mass is 16.5. The van der Waals surface area contributed by atoms with Crippen molar-refractivity contribution in [2.75, 3.05) is 6.61 Å². The fourth-order valence-corrected chi connectivity index (χ4v) is 1.54. The summed E-state index contributed by atoms with van der Waals surface area (Å²) in [4.78, 5) is 0. The summed E-state index contributed by atoms with van der Waals surface area (Å²) >= 11 is 0. The first-order chi connectivity index (χ1) is 7.44. The summed E-state index contributed by atoms with van der Waals surface area (Å²) in [5.41, 5.74) is 8.26. The molecule has 0 atom stereocenters. The van der Waals surface area contributed by atoms with Crippen LogP contribution in [-0.2, 0) is 6.54 Å². The van der Waals surface area contributed by atoms with Crippen molar-refractivity contribution >= 4 is 0 Å². The van der Waals surface area contributed by atoms with Gasteiger partial charge in [0.15, 0.2) is 0 Å². The molecule has 1 rings (SSSR count). The van der Waals surface area contributed by atoms with Gasteiger partial charge in [0.05, 0.1) is 6.61 Å². The average molecular weight is 221 g/mol. The van der Waals surface area contributed by atoms with Crippen LogP contribution in [0, 0.1) is 12.3 Å². The fourth-order valence-electron chi connectivity index (χ4n) is 1.54. The topological polar surface area (TPSA) is 35.2 Å². The zero-order valence-corrected chi connectivity index (χ0v) is 10.8. The third-order valence-electron chi connectivity index (χ3n) is 2.61. The van der Waals surface area contributed by atoms with E-state index in [9.17, 15) is 0 Å². The van der Waals surface area contributed by atoms with Gasteiger partial charge >= 0.3 is 0 Å². The Labute approximate surface area is 98.8 Å². The van der Waals surface area contributed by atoms with Gasteiger partial charge in [-0.2, -0.15) is 0 Å². The molecule has 0 aliphatic carbocycles. The predicted octanol–water partition coefficient (Wildman–Crippen LogP) is 3.27. The van der Waals surface area contributed by atoms with Gasteiger partial charge in [-0.1, -0.05) is 39.0 Å². The summed E-state index contributed by atoms with van der Waals surface area (Å²) in [7, 11) is 0. The molecule has 90 valence electrons. The van der Waals surface area contributed by atoms with Crippen molar-refractivity contribution in [1.82, 2.24) is 0 Å². The zero-order valence-electron chi connectivity index (χ0n) is 10.8. The van der Waals surface area contributed by atoms with Crippen LogP contribution < -0.4 is 10.5 Å². The second-order valence-electron chi connectivity index (χ2n) is 5.43. The van der Waals surface area contributed by atoms with E-state index < -0.39 is 0 Å². The first kappa shape index (κ1) is 13.0. The normalized spacial score (nSPS) is 11.6. The Balaban J connectivity index is 2.66. The summed E-state index contributed by atoms with van der Waals surface area (Å²) < 4.78 is 5.85. The predicted molar refractivity (Wildman–Crippen MR) is 68.6 cm³/mol. The molecule has 0 amide bonds. The molecular formula is C14H23NO. The van der Waals surface area contributed by atoms with Crippen LogP contribution in [0.4, 0.5) is 0 Å². The van der Waals surface area contributed by atoms with Crippen LogP contribution in [0.25, 0.3) is 0 Å². The van der Waals surface area contributed by atoms with Crippen molar-refractivity contribution in [3.8, 4) is 5.75 Å². The van der Waals surface area contributed by atoms with E-state index in [0.29, 0.717) is 12.0 Å². The van der Waals surface area contributed by atoms with Crippen molar-refractivity contribution in [3.63, 3.8) is 0 Å². The molecule has 0 aromatic heterocycles. The van der Waals surface area contributed by atoms with Gasteiger partial charge in [-0.15, -0.1) is 0 Å². The summed E-state index contributed by atoms with van der Waals surface area (Å²) in [5, 5.41) is 0. The number of para-hydroxylation sites is 1. The number of hydrogen-bond donors (Lipinski definition) is 1. The number of hydrogen-bond acceptors (Lipinski definition) is 2. The molecule has 0 fully saturated rings. The van der Waals surface area contributed by atoms with E-state index in [4.69, 9.17) is 10.5 Å². The first-order valence-corrected chi connectivity index (χ1v) is 5.85. The van der Waals surface area contributed by atoms with E-state index >= 15 is 0 Å². The van der Waals surface area contributed by atoms with Gasteiger partial charge < -0.3 is 10.5 Å². The van der Waals surface area contributed by atoms with Gasteiger partial charge in [-0.05, 0) is 24.3 Å². The highest BCUT2D eigenvalue weighted by Crippen LogP contribution is 2.25. The second kappa shape index (κ2) is 5.35. The van der Waals surface area contributed by atoms with E-state index in [-0.39, 0.29) is 0 Å². The molecule has 16 heavy (non-hydrogen) atoms. The molecule has 2 N–H and O–H groups in total. The Kier molecular flexibility index (Phi) is 4.36. The van der Waals surface area contributed by atoms with Crippen LogP contribution in [0.5, 0.6) is 5.75 Å². The van der Waals surface area contributed by atoms with Crippen LogP contribution in [0.15, 0.2) is 18.2 Å². The molecule has 0 heterocycles. The third kappa shape index (κ3) is 3.86. The molecule has 1 aromatic carbocycles. The minimum Gasteiger partial charge on any atom is -0.493 e. The van der Waals surface area contributed by atoms with Crippen molar-refractivity contribution in [3.05, 3.63) is 29.3 Å². The van der Waals surface area contributed by atoms with Gasteiger partial charge in [-0.25, -0.2) is 0 Å². The Morgan fingerprint density at radius 1 is 1.25 bits per heavy atom. The SMILES string of the molecule is Cc1cccc(CN)c1OCCC(C)(C)C. The average Bonchev–Trinajstić information content (AvgIpc) is 2.18. The Morgan fingerprint density at radius 2 is 1.94 bits per heavy atom. The van der Waals surface area contributed by atoms with Crippen molar-refractivity contribution in [1.29, 1.82) is 0 Å². The van der Waals surface area contributed by atoms with E-state index in [0.717, 1.165) is 29.9 Å². The van der Waals surface area contributed by atoms with Crippen LogP contribution in [0.2, 0.25) is 0 Å². The van der Waals surface area contributed by atoms with Gasteiger partial charge in [0.2, 0.25) is 0 Å². The summed E-state index contributed by atoms with van der Waals surface area (Å²) in [5.74, 6) is 0.967. The number of aryl methyl sites for hydroxylation is 1. The molecule has 0 saturated heterocycles. The number of rotatable bonds is 4. The Hall–Kier alpha value is -1.02. The smallest absolute Gasteiger partial charge is 0.126 e. The first-order valence-electron chi connectivity index (χ1n) is 5.85. The number of nitrogens with two attached hydrogens (primary N) is 1. The molecule has 2 nitrogen and oxygen atoms in total. The van der Waals surface area contributed by atoms with E-state index in [1.54, 1.807) is 0 Å². The molecule has 0 radical (unpaired) electrons. The lowest BCUT2D eigenvalue weighted by Gasteiger charge is -2.19. The van der Waals surface area contributed by atoms with Crippen molar-refractivity contribution < 1.29 is 4.74 Å². The molecule has 0 saturated carbocycles. The molecule has 0 aliphatic heterocycles. The summed E-state index contributed by atoms with van der Waals surface area (Å²) in [6, 6.07) is 6.11. The van der Waals surface area contributed by atoms with Crippen LogP contribution >= 0.6 is 0 Å². The molecule has 1 aromatic rings. The minimum atomic E-state index is 0.311. The minimum absolute atomic E-state index is 0.311. The van der Waals surface area contributed by atoms with Gasteiger partial charge in [0.1, 0.15) is 5.75 Å². The Morgan fingerprint density at radius 3 is 2.50 bits per heavy atom. The third-order valence-corrected chi connectivity index (χ3v) is 2.61. The maximum Gasteiger partial charge on any atom is 0.126 e. The van der Waals surface area contributed by atoms with Gasteiger partial charge in [0, 0.05) is 12.1 Å². The number of ether oxygens (including phenoxy) is 1. The van der Waals surface area contributed by atoms with E-state index in [1.165, 1.54) is 0 Å². The number of benzene rings is 1. The van der Waals surface area contributed by atoms with Crippen molar-refractivity contribution in [2.45, 2.75) is 40.7 Å². The molecule has 2 heteroatoms. The van der Waals surface area contributed by atoms with E-state index in [2.05, 4.69) is 33.8 Å². The van der Waals surface area contributed by atoms with Crippen LogP contribution in [0.1, 0.15) is 38.3 Å². The molecular weight excluding hydrogens is 198 g/mol. The quantitative estimate of drug-likeness (QED) is 0.847. The standard InChI is InChI=1S/C14H23NO/c1-11-6-5-7-12(10-15)13(11)16-9-8-14(2,3)4/h5-7H,8-10,15H2,1-4H3. The highest BCUT2D eigenvalue weighted by molar-refractivity contribution is 5.40. The van der Waals surface area contributed by atoms with Crippen LogP contribution in [-0.4, -0.2) is 6.61 Å². The van der Waals surface area contributed by atoms with Gasteiger partial charge in [0.25, 0.3) is 0 Å². The molecule has 0 unspecified atom stereocenters. The molecule has 0 spiro atoms. The zero-order chi connectivity index (χ0) is 12.2. The Bertz CT molecular complexity index is 339. The summed E-state index contributed by atoms with van der Waals surface area (Å²) in [6.07, 6.45) is 1.05. The molecule has 0 aliphatic rings. The largest absolute Gasteiger partial charge is 0.493 e. The lowest BCUT2D eigenvalue weighted by Crippen LogP contribution is -2.12. The van der Waals surface area contributed by atoms with Crippen molar-refractivity contribution in [2.24, 2.45) is 11.1 Å². The molecule has 0 bridgehead atoms. The summed E-state index contributed by atoms with van der Waals surface area (Å²) in [6.45, 7) is 10.0. The lowest BCUT2D eigenvalue weighted by atomic mass is 9.93. The van der Waals surface area contributed by atoms with Gasteiger partial charge in [-0.3, -0.25) is 0 Å². The lowest BCUT2D eigenvalue weighted by molar-refractivity contribution is 0.240. The maximum atomic E-state index is 5.85. The van der Waals surface area contributed by atoms with E-state index in [1.807, 2.05) is 12.1 Å². The maximum absolute atomic E-state index is 5.85. The van der Waals surface area contributed by atoms with Crippen LogP contribution in [0.3, 0.4) is 0 Å².